The number of benzene rings is 2. The number of rotatable bonds is 8. The van der Waals surface area contributed by atoms with E-state index in [0.29, 0.717) is 31.2 Å². The number of nitrogens with one attached hydrogen (secondary N) is 2. The first-order valence-corrected chi connectivity index (χ1v) is 9.17. The molecule has 1 aromatic heterocycles. The number of hydrogen-bond donors (Lipinski definition) is 2. The van der Waals surface area contributed by atoms with Crippen molar-refractivity contribution in [2.45, 2.75) is 19.9 Å². The first kappa shape index (κ1) is 19.4. The summed E-state index contributed by atoms with van der Waals surface area (Å²) < 4.78 is 5.21. The second-order valence-corrected chi connectivity index (χ2v) is 6.47. The van der Waals surface area contributed by atoms with E-state index in [1.54, 1.807) is 19.4 Å². The van der Waals surface area contributed by atoms with Gasteiger partial charge in [0.2, 0.25) is 5.95 Å². The Labute approximate surface area is 165 Å². The van der Waals surface area contributed by atoms with E-state index in [1.165, 1.54) is 5.56 Å². The zero-order valence-electron chi connectivity index (χ0n) is 16.1. The molecule has 0 spiro atoms. The molecule has 2 aromatic carbocycles. The lowest BCUT2D eigenvalue weighted by molar-refractivity contribution is 0.0949. The quantitative estimate of drug-likeness (QED) is 0.630. The molecule has 0 atom stereocenters. The highest BCUT2D eigenvalue weighted by Crippen LogP contribution is 2.12. The largest absolute Gasteiger partial charge is 0.497 e. The monoisotopic (exact) mass is 376 g/mol. The second kappa shape index (κ2) is 9.50. The summed E-state index contributed by atoms with van der Waals surface area (Å²) in [7, 11) is 1.64. The minimum absolute atomic E-state index is 0.219. The van der Waals surface area contributed by atoms with Crippen LogP contribution < -0.4 is 15.4 Å². The summed E-state index contributed by atoms with van der Waals surface area (Å²) >= 11 is 0. The fraction of sp³-hybridized carbons (Fsp3) is 0.227. The lowest BCUT2D eigenvalue weighted by atomic mass is 10.1. The van der Waals surface area contributed by atoms with Gasteiger partial charge in [0, 0.05) is 19.3 Å². The average Bonchev–Trinajstić information content (AvgIpc) is 2.72. The van der Waals surface area contributed by atoms with Crippen LogP contribution in [0.25, 0.3) is 0 Å². The molecular weight excluding hydrogens is 352 g/mol. The molecule has 0 bridgehead atoms. The van der Waals surface area contributed by atoms with E-state index in [-0.39, 0.29) is 5.91 Å². The van der Waals surface area contributed by atoms with E-state index in [1.807, 2.05) is 36.4 Å². The van der Waals surface area contributed by atoms with Gasteiger partial charge in [-0.15, -0.1) is 0 Å². The molecule has 0 fully saturated rings. The van der Waals surface area contributed by atoms with E-state index in [4.69, 9.17) is 4.74 Å². The molecule has 0 saturated carbocycles. The zero-order chi connectivity index (χ0) is 19.8. The van der Waals surface area contributed by atoms with E-state index in [9.17, 15) is 4.79 Å². The van der Waals surface area contributed by atoms with Crippen LogP contribution in [0.2, 0.25) is 0 Å². The Bertz CT molecular complexity index is 943. The molecule has 1 amide bonds. The molecule has 6 nitrogen and oxygen atoms in total. The highest BCUT2D eigenvalue weighted by molar-refractivity contribution is 5.92. The third-order valence-corrected chi connectivity index (χ3v) is 4.25. The highest BCUT2D eigenvalue weighted by atomic mass is 16.5. The van der Waals surface area contributed by atoms with Gasteiger partial charge in [-0.3, -0.25) is 4.79 Å². The Balaban J connectivity index is 1.53. The summed E-state index contributed by atoms with van der Waals surface area (Å²) in [6.07, 6.45) is 2.30. The van der Waals surface area contributed by atoms with Crippen LogP contribution in [0.3, 0.4) is 0 Å². The number of ether oxygens (including phenoxy) is 1. The molecule has 3 aromatic rings. The van der Waals surface area contributed by atoms with Gasteiger partial charge in [0.05, 0.1) is 7.11 Å². The summed E-state index contributed by atoms with van der Waals surface area (Å²) in [5.74, 6) is 1.02. The highest BCUT2D eigenvalue weighted by Gasteiger charge is 2.08. The van der Waals surface area contributed by atoms with Crippen molar-refractivity contribution in [3.05, 3.63) is 83.2 Å². The molecule has 0 aliphatic carbocycles. The Morgan fingerprint density at radius 3 is 2.71 bits per heavy atom. The van der Waals surface area contributed by atoms with Crippen molar-refractivity contribution in [1.29, 1.82) is 0 Å². The Morgan fingerprint density at radius 2 is 1.89 bits per heavy atom. The van der Waals surface area contributed by atoms with Crippen molar-refractivity contribution < 1.29 is 9.53 Å². The van der Waals surface area contributed by atoms with E-state index < -0.39 is 0 Å². The Kier molecular flexibility index (Phi) is 6.57. The normalized spacial score (nSPS) is 10.4. The fourth-order valence-electron chi connectivity index (χ4n) is 2.81. The molecule has 28 heavy (non-hydrogen) atoms. The number of anilines is 1. The van der Waals surface area contributed by atoms with Crippen LogP contribution in [0.5, 0.6) is 5.75 Å². The molecular formula is C22H24N4O2. The van der Waals surface area contributed by atoms with Gasteiger partial charge in [-0.05, 0) is 42.7 Å². The SMILES string of the molecule is COc1cccc(CCNC(=O)c2ccnc(NCc3cccc(C)c3)n2)c1. The minimum Gasteiger partial charge on any atom is -0.497 e. The summed E-state index contributed by atoms with van der Waals surface area (Å²) in [6, 6.07) is 17.6. The van der Waals surface area contributed by atoms with Crippen LogP contribution in [0, 0.1) is 6.92 Å². The summed E-state index contributed by atoms with van der Waals surface area (Å²) in [5.41, 5.74) is 3.77. The topological polar surface area (TPSA) is 76.1 Å². The lowest BCUT2D eigenvalue weighted by Gasteiger charge is -2.08. The van der Waals surface area contributed by atoms with Crippen molar-refractivity contribution >= 4 is 11.9 Å². The van der Waals surface area contributed by atoms with Gasteiger partial charge in [-0.1, -0.05) is 42.0 Å². The standard InChI is InChI=1S/C22H24N4O2/c1-16-5-3-7-18(13-16)15-25-22-24-12-10-20(26-22)21(27)23-11-9-17-6-4-8-19(14-17)28-2/h3-8,10,12-14H,9,11,15H2,1-2H3,(H,23,27)(H,24,25,26). The first-order chi connectivity index (χ1) is 13.6. The van der Waals surface area contributed by atoms with Crippen molar-refractivity contribution in [2.24, 2.45) is 0 Å². The van der Waals surface area contributed by atoms with Crippen molar-refractivity contribution in [3.63, 3.8) is 0 Å². The smallest absolute Gasteiger partial charge is 0.270 e. The maximum Gasteiger partial charge on any atom is 0.270 e. The van der Waals surface area contributed by atoms with Crippen LogP contribution in [0.4, 0.5) is 5.95 Å². The van der Waals surface area contributed by atoms with Gasteiger partial charge in [0.25, 0.3) is 5.91 Å². The molecule has 144 valence electrons. The number of hydrogen-bond acceptors (Lipinski definition) is 5. The van der Waals surface area contributed by atoms with E-state index in [0.717, 1.165) is 16.9 Å². The predicted octanol–water partition coefficient (Wildman–Crippen LogP) is 3.38. The summed E-state index contributed by atoms with van der Waals surface area (Å²) in [4.78, 5) is 20.9. The van der Waals surface area contributed by atoms with Crippen LogP contribution >= 0.6 is 0 Å². The molecule has 0 unspecified atom stereocenters. The van der Waals surface area contributed by atoms with E-state index >= 15 is 0 Å². The molecule has 6 heteroatoms. The number of methoxy groups -OCH3 is 1. The summed E-state index contributed by atoms with van der Waals surface area (Å²) in [6.45, 7) is 3.17. The number of aryl methyl sites for hydroxylation is 1. The number of nitrogens with zero attached hydrogens (tertiary/aromatic N) is 2. The number of aromatic nitrogens is 2. The molecule has 1 heterocycles. The maximum absolute atomic E-state index is 12.4. The molecule has 0 saturated heterocycles. The number of carbonyl (C=O) groups excluding carboxylic acids is 1. The van der Waals surface area contributed by atoms with Gasteiger partial charge in [0.1, 0.15) is 11.4 Å². The van der Waals surface area contributed by atoms with Crippen LogP contribution in [0.15, 0.2) is 60.8 Å². The molecule has 2 N–H and O–H groups in total. The van der Waals surface area contributed by atoms with Gasteiger partial charge in [-0.25, -0.2) is 9.97 Å². The molecule has 0 radical (unpaired) electrons. The third kappa shape index (κ3) is 5.54. The van der Waals surface area contributed by atoms with Gasteiger partial charge in [0.15, 0.2) is 0 Å². The van der Waals surface area contributed by atoms with Crippen LogP contribution in [-0.4, -0.2) is 29.5 Å². The van der Waals surface area contributed by atoms with Gasteiger partial charge in [-0.2, -0.15) is 0 Å². The first-order valence-electron chi connectivity index (χ1n) is 9.17. The zero-order valence-corrected chi connectivity index (χ0v) is 16.1. The fourth-order valence-corrected chi connectivity index (χ4v) is 2.81. The molecule has 3 rings (SSSR count). The number of amides is 1. The van der Waals surface area contributed by atoms with E-state index in [2.05, 4.69) is 39.7 Å². The van der Waals surface area contributed by atoms with Crippen molar-refractivity contribution in [1.82, 2.24) is 15.3 Å². The molecule has 0 aliphatic rings. The van der Waals surface area contributed by atoms with Gasteiger partial charge < -0.3 is 15.4 Å². The Hall–Kier alpha value is -3.41. The maximum atomic E-state index is 12.4. The van der Waals surface area contributed by atoms with Crippen LogP contribution in [-0.2, 0) is 13.0 Å². The Morgan fingerprint density at radius 1 is 1.07 bits per heavy atom. The van der Waals surface area contributed by atoms with Crippen molar-refractivity contribution in [2.75, 3.05) is 19.0 Å². The predicted molar refractivity (Wildman–Crippen MR) is 110 cm³/mol. The van der Waals surface area contributed by atoms with Crippen molar-refractivity contribution in [3.8, 4) is 5.75 Å². The average molecular weight is 376 g/mol. The number of carbonyl (C=O) groups is 1. The van der Waals surface area contributed by atoms with Gasteiger partial charge >= 0.3 is 0 Å². The molecule has 0 aliphatic heterocycles. The minimum atomic E-state index is -0.219. The second-order valence-electron chi connectivity index (χ2n) is 6.47. The summed E-state index contributed by atoms with van der Waals surface area (Å²) in [5, 5.41) is 6.06. The lowest BCUT2D eigenvalue weighted by Crippen LogP contribution is -2.26. The third-order valence-electron chi connectivity index (χ3n) is 4.25. The van der Waals surface area contributed by atoms with Crippen LogP contribution in [0.1, 0.15) is 27.2 Å².